The molecule has 0 saturated carbocycles. The minimum absolute atomic E-state index is 0.249. The second kappa shape index (κ2) is 9.33. The summed E-state index contributed by atoms with van der Waals surface area (Å²) in [5.41, 5.74) is 0.811. The number of carbonyl (C=O) groups excluding carboxylic acids is 3. The van der Waals surface area contributed by atoms with Crippen molar-refractivity contribution in [1.29, 1.82) is 0 Å². The molecular formula is C17H23N3O5S. The minimum Gasteiger partial charge on any atom is -0.493 e. The van der Waals surface area contributed by atoms with E-state index in [9.17, 15) is 14.4 Å². The van der Waals surface area contributed by atoms with Gasteiger partial charge in [0.15, 0.2) is 11.5 Å². The van der Waals surface area contributed by atoms with Crippen molar-refractivity contribution in [2.45, 2.75) is 19.0 Å². The average Bonchev–Trinajstić information content (AvgIpc) is 2.91. The van der Waals surface area contributed by atoms with Gasteiger partial charge in [-0.15, -0.1) is 0 Å². The van der Waals surface area contributed by atoms with Crippen molar-refractivity contribution in [3.05, 3.63) is 23.8 Å². The lowest BCUT2D eigenvalue weighted by Crippen LogP contribution is -2.41. The highest BCUT2D eigenvalue weighted by Gasteiger charge is 2.38. The zero-order valence-corrected chi connectivity index (χ0v) is 15.9. The molecule has 26 heavy (non-hydrogen) atoms. The van der Waals surface area contributed by atoms with Crippen LogP contribution < -0.4 is 20.1 Å². The predicted octanol–water partition coefficient (Wildman–Crippen LogP) is 0.994. The number of urea groups is 1. The summed E-state index contributed by atoms with van der Waals surface area (Å²) in [5.74, 6) is 1.15. The maximum atomic E-state index is 12.2. The van der Waals surface area contributed by atoms with Crippen LogP contribution in [0.5, 0.6) is 11.5 Å². The second-order valence-corrected chi connectivity index (χ2v) is 6.66. The number of benzene rings is 1. The Bertz CT molecular complexity index is 682. The van der Waals surface area contributed by atoms with Crippen molar-refractivity contribution >= 4 is 29.6 Å². The number of thioether (sulfide) groups is 1. The monoisotopic (exact) mass is 381 g/mol. The molecule has 1 aliphatic rings. The Labute approximate surface area is 156 Å². The number of rotatable bonds is 9. The van der Waals surface area contributed by atoms with Gasteiger partial charge in [-0.3, -0.25) is 14.5 Å². The van der Waals surface area contributed by atoms with Gasteiger partial charge in [0, 0.05) is 6.54 Å². The third kappa shape index (κ3) is 4.81. The van der Waals surface area contributed by atoms with E-state index >= 15 is 0 Å². The van der Waals surface area contributed by atoms with Crippen molar-refractivity contribution < 1.29 is 23.9 Å². The maximum Gasteiger partial charge on any atom is 0.325 e. The summed E-state index contributed by atoms with van der Waals surface area (Å²) < 4.78 is 10.4. The van der Waals surface area contributed by atoms with Gasteiger partial charge < -0.3 is 20.1 Å². The molecule has 0 aromatic heterocycles. The Morgan fingerprint density at radius 2 is 2.00 bits per heavy atom. The summed E-state index contributed by atoms with van der Waals surface area (Å²) in [6.07, 6.45) is 2.48. The standard InChI is InChI=1S/C17H23N3O5S/c1-24-13-5-4-11(8-14(13)25-2)9-18-15(21)10-20-16(22)12(6-7-26-3)19-17(20)23/h4-5,8,12H,6-7,9-10H2,1-3H3,(H,18,21)(H,19,23)/t12-/m0/s1. The van der Waals surface area contributed by atoms with Gasteiger partial charge in [0.1, 0.15) is 12.6 Å². The van der Waals surface area contributed by atoms with Crippen LogP contribution in [0, 0.1) is 0 Å². The molecule has 1 aliphatic heterocycles. The highest BCUT2D eigenvalue weighted by atomic mass is 32.2. The number of imide groups is 1. The first-order chi connectivity index (χ1) is 12.5. The summed E-state index contributed by atoms with van der Waals surface area (Å²) in [6, 6.07) is 4.23. The molecule has 2 N–H and O–H groups in total. The third-order valence-electron chi connectivity index (χ3n) is 3.96. The van der Waals surface area contributed by atoms with E-state index in [0.717, 1.165) is 16.2 Å². The summed E-state index contributed by atoms with van der Waals surface area (Å²) in [6.45, 7) is -0.0491. The number of hydrogen-bond donors (Lipinski definition) is 2. The molecule has 0 bridgehead atoms. The van der Waals surface area contributed by atoms with Gasteiger partial charge in [0.2, 0.25) is 5.91 Å². The molecule has 1 aromatic carbocycles. The molecule has 1 aromatic rings. The second-order valence-electron chi connectivity index (χ2n) is 5.67. The van der Waals surface area contributed by atoms with Crippen molar-refractivity contribution in [1.82, 2.24) is 15.5 Å². The zero-order chi connectivity index (χ0) is 19.1. The highest BCUT2D eigenvalue weighted by Crippen LogP contribution is 2.27. The van der Waals surface area contributed by atoms with Crippen LogP contribution in [0.25, 0.3) is 0 Å². The SMILES string of the molecule is COc1ccc(CNC(=O)CN2C(=O)N[C@@H](CCSC)C2=O)cc1OC. The van der Waals surface area contributed by atoms with Gasteiger partial charge in [-0.25, -0.2) is 4.79 Å². The lowest BCUT2D eigenvalue weighted by atomic mass is 10.2. The average molecular weight is 381 g/mol. The normalized spacial score (nSPS) is 16.4. The van der Waals surface area contributed by atoms with E-state index in [1.807, 2.05) is 6.26 Å². The fourth-order valence-electron chi connectivity index (χ4n) is 2.55. The van der Waals surface area contributed by atoms with E-state index < -0.39 is 18.0 Å². The summed E-state index contributed by atoms with van der Waals surface area (Å²) in [7, 11) is 3.08. The number of ether oxygens (including phenoxy) is 2. The highest BCUT2D eigenvalue weighted by molar-refractivity contribution is 7.98. The quantitative estimate of drug-likeness (QED) is 0.620. The van der Waals surface area contributed by atoms with Gasteiger partial charge in [-0.1, -0.05) is 6.07 Å². The third-order valence-corrected chi connectivity index (χ3v) is 4.60. The van der Waals surface area contributed by atoms with Crippen LogP contribution in [-0.4, -0.2) is 61.6 Å². The molecule has 1 atom stereocenters. The van der Waals surface area contributed by atoms with Crippen LogP contribution in [0.15, 0.2) is 18.2 Å². The van der Waals surface area contributed by atoms with Crippen LogP contribution in [-0.2, 0) is 16.1 Å². The molecule has 2 rings (SSSR count). The first-order valence-electron chi connectivity index (χ1n) is 8.08. The summed E-state index contributed by atoms with van der Waals surface area (Å²) in [4.78, 5) is 37.2. The van der Waals surface area contributed by atoms with Crippen molar-refractivity contribution in [3.63, 3.8) is 0 Å². The van der Waals surface area contributed by atoms with Gasteiger partial charge in [0.25, 0.3) is 5.91 Å². The smallest absolute Gasteiger partial charge is 0.325 e. The maximum absolute atomic E-state index is 12.2. The molecule has 9 heteroatoms. The number of amides is 4. The van der Waals surface area contributed by atoms with Crippen molar-refractivity contribution in [3.8, 4) is 11.5 Å². The lowest BCUT2D eigenvalue weighted by molar-refractivity contribution is -0.132. The van der Waals surface area contributed by atoms with Gasteiger partial charge >= 0.3 is 6.03 Å². The van der Waals surface area contributed by atoms with Crippen LogP contribution in [0.2, 0.25) is 0 Å². The van der Waals surface area contributed by atoms with Gasteiger partial charge in [0.05, 0.1) is 14.2 Å². The Balaban J connectivity index is 1.89. The van der Waals surface area contributed by atoms with E-state index in [1.54, 1.807) is 37.1 Å². The Morgan fingerprint density at radius 3 is 2.65 bits per heavy atom. The number of methoxy groups -OCH3 is 2. The van der Waals surface area contributed by atoms with Crippen molar-refractivity contribution in [2.24, 2.45) is 0 Å². The Morgan fingerprint density at radius 1 is 1.27 bits per heavy atom. The van der Waals surface area contributed by atoms with E-state index in [-0.39, 0.29) is 19.0 Å². The first-order valence-corrected chi connectivity index (χ1v) is 9.48. The number of nitrogens with one attached hydrogen (secondary N) is 2. The Hall–Kier alpha value is -2.42. The van der Waals surface area contributed by atoms with Gasteiger partial charge in [-0.05, 0) is 36.1 Å². The molecule has 0 radical (unpaired) electrons. The largest absolute Gasteiger partial charge is 0.493 e. The predicted molar refractivity (Wildman–Crippen MR) is 98.4 cm³/mol. The lowest BCUT2D eigenvalue weighted by Gasteiger charge is -2.14. The van der Waals surface area contributed by atoms with Gasteiger partial charge in [-0.2, -0.15) is 11.8 Å². The fourth-order valence-corrected chi connectivity index (χ4v) is 3.02. The van der Waals surface area contributed by atoms with E-state index in [0.29, 0.717) is 17.9 Å². The van der Waals surface area contributed by atoms with E-state index in [4.69, 9.17) is 9.47 Å². The molecular weight excluding hydrogens is 358 g/mol. The summed E-state index contributed by atoms with van der Waals surface area (Å²) in [5, 5.41) is 5.31. The molecule has 1 heterocycles. The van der Waals surface area contributed by atoms with Crippen LogP contribution in [0.4, 0.5) is 4.79 Å². The molecule has 8 nitrogen and oxygen atoms in total. The van der Waals surface area contributed by atoms with E-state index in [2.05, 4.69) is 10.6 Å². The molecule has 4 amide bonds. The number of carbonyl (C=O) groups is 3. The molecule has 142 valence electrons. The first kappa shape index (κ1) is 19.9. The molecule has 1 fully saturated rings. The topological polar surface area (TPSA) is 97.0 Å². The molecule has 0 spiro atoms. The number of nitrogens with zero attached hydrogens (tertiary/aromatic N) is 1. The zero-order valence-electron chi connectivity index (χ0n) is 15.0. The minimum atomic E-state index is -0.548. The van der Waals surface area contributed by atoms with Crippen molar-refractivity contribution in [2.75, 3.05) is 32.8 Å². The van der Waals surface area contributed by atoms with Crippen LogP contribution in [0.3, 0.4) is 0 Å². The summed E-state index contributed by atoms with van der Waals surface area (Å²) >= 11 is 1.60. The number of hydrogen-bond acceptors (Lipinski definition) is 6. The van der Waals surface area contributed by atoms with E-state index in [1.165, 1.54) is 7.11 Å². The molecule has 1 saturated heterocycles. The molecule has 0 aliphatic carbocycles. The Kier molecular flexibility index (Phi) is 7.14. The molecule has 0 unspecified atom stereocenters. The fraction of sp³-hybridized carbons (Fsp3) is 0.471. The van der Waals surface area contributed by atoms with Crippen LogP contribution in [0.1, 0.15) is 12.0 Å². The van der Waals surface area contributed by atoms with Crippen LogP contribution >= 0.6 is 11.8 Å².